The van der Waals surface area contributed by atoms with Crippen molar-refractivity contribution in [2.45, 2.75) is 0 Å². The van der Waals surface area contributed by atoms with Crippen molar-refractivity contribution >= 4 is 21.8 Å². The Kier molecular flexibility index (Phi) is 2.65. The molecule has 0 aliphatic carbocycles. The molecule has 0 unspecified atom stereocenters. The maximum absolute atomic E-state index is 10.7. The summed E-state index contributed by atoms with van der Waals surface area (Å²) in [5.74, 6) is -0.144. The van der Waals surface area contributed by atoms with Crippen LogP contribution in [0.25, 0.3) is 0 Å². The number of ether oxygens (including phenoxy) is 1. The fourth-order valence-corrected chi connectivity index (χ4v) is 1.14. The Balaban J connectivity index is 3.15. The van der Waals surface area contributed by atoms with E-state index < -0.39 is 5.91 Å². The monoisotopic (exact) mass is 230 g/mol. The molecule has 0 aliphatic heterocycles. The molecule has 0 bridgehead atoms. The molecule has 0 saturated carbocycles. The SMILES string of the molecule is COc1cc(C(N)=O)cc(Br)n1. The van der Waals surface area contributed by atoms with Crippen LogP contribution in [0.5, 0.6) is 5.88 Å². The standard InChI is InChI=1S/C7H7BrN2O2/c1-12-6-3-4(7(9)11)2-5(8)10-6/h2-3H,1H3,(H2,9,11). The second-order valence-electron chi connectivity index (χ2n) is 2.09. The number of pyridine rings is 1. The molecule has 1 heterocycles. The number of rotatable bonds is 2. The van der Waals surface area contributed by atoms with Gasteiger partial charge in [0.25, 0.3) is 0 Å². The van der Waals surface area contributed by atoms with Crippen molar-refractivity contribution in [2.24, 2.45) is 5.73 Å². The van der Waals surface area contributed by atoms with Gasteiger partial charge in [-0.2, -0.15) is 0 Å². The van der Waals surface area contributed by atoms with Gasteiger partial charge < -0.3 is 10.5 Å². The molecule has 1 amide bonds. The lowest BCUT2D eigenvalue weighted by molar-refractivity contribution is 0.0999. The van der Waals surface area contributed by atoms with Crippen LogP contribution in [-0.4, -0.2) is 18.0 Å². The van der Waals surface area contributed by atoms with E-state index in [1.54, 1.807) is 0 Å². The molecule has 0 spiro atoms. The molecule has 0 aromatic carbocycles. The number of hydrogen-bond donors (Lipinski definition) is 1. The van der Waals surface area contributed by atoms with Gasteiger partial charge in [0.05, 0.1) is 7.11 Å². The molecule has 1 aromatic heterocycles. The van der Waals surface area contributed by atoms with E-state index in [-0.39, 0.29) is 0 Å². The quantitative estimate of drug-likeness (QED) is 0.770. The van der Waals surface area contributed by atoms with Crippen LogP contribution in [0.1, 0.15) is 10.4 Å². The first-order valence-electron chi connectivity index (χ1n) is 3.15. The molecule has 12 heavy (non-hydrogen) atoms. The normalized spacial score (nSPS) is 9.50. The highest BCUT2D eigenvalue weighted by molar-refractivity contribution is 9.10. The highest BCUT2D eigenvalue weighted by Crippen LogP contribution is 2.15. The van der Waals surface area contributed by atoms with Crippen molar-refractivity contribution in [3.8, 4) is 5.88 Å². The molecule has 0 saturated heterocycles. The van der Waals surface area contributed by atoms with Gasteiger partial charge in [-0.3, -0.25) is 4.79 Å². The number of halogens is 1. The Labute approximate surface area is 77.9 Å². The third kappa shape index (κ3) is 1.94. The summed E-state index contributed by atoms with van der Waals surface area (Å²) in [4.78, 5) is 14.7. The molecule has 1 rings (SSSR count). The lowest BCUT2D eigenvalue weighted by Crippen LogP contribution is -2.11. The van der Waals surface area contributed by atoms with Crippen molar-refractivity contribution < 1.29 is 9.53 Å². The summed E-state index contributed by atoms with van der Waals surface area (Å²) in [5, 5.41) is 0. The third-order valence-electron chi connectivity index (χ3n) is 1.26. The van der Waals surface area contributed by atoms with E-state index in [1.165, 1.54) is 19.2 Å². The zero-order valence-corrected chi connectivity index (χ0v) is 7.96. The van der Waals surface area contributed by atoms with Gasteiger partial charge in [0.15, 0.2) is 0 Å². The first-order chi connectivity index (χ1) is 5.63. The minimum atomic E-state index is -0.503. The van der Waals surface area contributed by atoms with Gasteiger partial charge in [0.2, 0.25) is 11.8 Å². The fourth-order valence-electron chi connectivity index (χ4n) is 0.720. The van der Waals surface area contributed by atoms with Crippen LogP contribution in [0.2, 0.25) is 0 Å². The lowest BCUT2D eigenvalue weighted by Gasteiger charge is -2.01. The first-order valence-corrected chi connectivity index (χ1v) is 3.94. The Morgan fingerprint density at radius 3 is 2.83 bits per heavy atom. The zero-order valence-electron chi connectivity index (χ0n) is 6.37. The highest BCUT2D eigenvalue weighted by atomic mass is 79.9. The summed E-state index contributed by atoms with van der Waals surface area (Å²) in [6, 6.07) is 3.01. The topological polar surface area (TPSA) is 65.2 Å². The van der Waals surface area contributed by atoms with Gasteiger partial charge in [-0.05, 0) is 22.0 Å². The van der Waals surface area contributed by atoms with Crippen LogP contribution in [0, 0.1) is 0 Å². The van der Waals surface area contributed by atoms with Crippen molar-refractivity contribution in [1.29, 1.82) is 0 Å². The molecule has 0 atom stereocenters. The van der Waals surface area contributed by atoms with E-state index in [0.717, 1.165) is 0 Å². The van der Waals surface area contributed by atoms with Gasteiger partial charge in [0.1, 0.15) is 4.60 Å². The summed E-state index contributed by atoms with van der Waals surface area (Å²) in [6.07, 6.45) is 0. The molecule has 5 heteroatoms. The third-order valence-corrected chi connectivity index (χ3v) is 1.67. The van der Waals surface area contributed by atoms with E-state index in [9.17, 15) is 4.79 Å². The highest BCUT2D eigenvalue weighted by Gasteiger charge is 2.04. The van der Waals surface area contributed by atoms with Gasteiger partial charge in [-0.15, -0.1) is 0 Å². The number of hydrogen-bond acceptors (Lipinski definition) is 3. The van der Waals surface area contributed by atoms with Gasteiger partial charge >= 0.3 is 0 Å². The van der Waals surface area contributed by atoms with Crippen molar-refractivity contribution in [1.82, 2.24) is 4.98 Å². The molecule has 0 aliphatic rings. The second-order valence-corrected chi connectivity index (χ2v) is 2.90. The maximum atomic E-state index is 10.7. The number of carbonyl (C=O) groups is 1. The molecular formula is C7H7BrN2O2. The summed E-state index contributed by atoms with van der Waals surface area (Å²) in [7, 11) is 1.47. The van der Waals surface area contributed by atoms with E-state index in [0.29, 0.717) is 16.0 Å². The molecule has 0 radical (unpaired) electrons. The number of carbonyl (C=O) groups excluding carboxylic acids is 1. The average Bonchev–Trinajstić information content (AvgIpc) is 2.03. The molecule has 4 nitrogen and oxygen atoms in total. The minimum absolute atomic E-state index is 0.359. The van der Waals surface area contributed by atoms with E-state index in [4.69, 9.17) is 10.5 Å². The summed E-state index contributed by atoms with van der Waals surface area (Å²) in [6.45, 7) is 0. The maximum Gasteiger partial charge on any atom is 0.248 e. The number of nitrogens with zero attached hydrogens (tertiary/aromatic N) is 1. The molecule has 2 N–H and O–H groups in total. The largest absolute Gasteiger partial charge is 0.481 e. The molecule has 1 aromatic rings. The Bertz CT molecular complexity index is 314. The van der Waals surface area contributed by atoms with Gasteiger partial charge in [-0.1, -0.05) is 0 Å². The van der Waals surface area contributed by atoms with Gasteiger partial charge in [0, 0.05) is 11.6 Å². The minimum Gasteiger partial charge on any atom is -0.481 e. The zero-order chi connectivity index (χ0) is 9.14. The predicted octanol–water partition coefficient (Wildman–Crippen LogP) is 0.952. The number of methoxy groups -OCH3 is 1. The molecular weight excluding hydrogens is 224 g/mol. The fraction of sp³-hybridized carbons (Fsp3) is 0.143. The number of nitrogens with two attached hydrogens (primary N) is 1. The number of aromatic nitrogens is 1. The summed E-state index contributed by atoms with van der Waals surface area (Å²) < 4.78 is 5.36. The van der Waals surface area contributed by atoms with Crippen LogP contribution in [0.4, 0.5) is 0 Å². The number of amides is 1. The van der Waals surface area contributed by atoms with Crippen LogP contribution in [-0.2, 0) is 0 Å². The van der Waals surface area contributed by atoms with Crippen LogP contribution < -0.4 is 10.5 Å². The Morgan fingerprint density at radius 1 is 1.67 bits per heavy atom. The lowest BCUT2D eigenvalue weighted by atomic mass is 10.2. The average molecular weight is 231 g/mol. The van der Waals surface area contributed by atoms with E-state index in [2.05, 4.69) is 20.9 Å². The number of primary amides is 1. The van der Waals surface area contributed by atoms with E-state index in [1.807, 2.05) is 0 Å². The Morgan fingerprint density at radius 2 is 2.33 bits per heavy atom. The second kappa shape index (κ2) is 3.53. The molecule has 64 valence electrons. The summed E-state index contributed by atoms with van der Waals surface area (Å²) >= 11 is 3.12. The van der Waals surface area contributed by atoms with E-state index >= 15 is 0 Å². The Hall–Kier alpha value is -1.10. The van der Waals surface area contributed by atoms with Crippen molar-refractivity contribution in [3.05, 3.63) is 22.3 Å². The van der Waals surface area contributed by atoms with Crippen molar-refractivity contribution in [3.63, 3.8) is 0 Å². The van der Waals surface area contributed by atoms with Crippen LogP contribution >= 0.6 is 15.9 Å². The first kappa shape index (κ1) is 8.99. The predicted molar refractivity (Wildman–Crippen MR) is 47.0 cm³/mol. The van der Waals surface area contributed by atoms with Crippen LogP contribution in [0.15, 0.2) is 16.7 Å². The van der Waals surface area contributed by atoms with Crippen LogP contribution in [0.3, 0.4) is 0 Å². The summed E-state index contributed by atoms with van der Waals surface area (Å²) in [5.41, 5.74) is 5.43. The van der Waals surface area contributed by atoms with Crippen molar-refractivity contribution in [2.75, 3.05) is 7.11 Å². The molecule has 0 fully saturated rings. The van der Waals surface area contributed by atoms with Gasteiger partial charge in [-0.25, -0.2) is 4.98 Å². The smallest absolute Gasteiger partial charge is 0.248 e.